The fourth-order valence-corrected chi connectivity index (χ4v) is 3.06. The van der Waals surface area contributed by atoms with Gasteiger partial charge in [-0.15, -0.1) is 0 Å². The zero-order valence-corrected chi connectivity index (χ0v) is 13.7. The van der Waals surface area contributed by atoms with Gasteiger partial charge in [-0.05, 0) is 49.7 Å². The molecule has 0 aliphatic carbocycles. The number of halogens is 2. The molecule has 4 heteroatoms. The average molecular weight is 334 g/mol. The van der Waals surface area contributed by atoms with E-state index in [9.17, 15) is 4.79 Å². The lowest BCUT2D eigenvalue weighted by Crippen LogP contribution is -2.18. The lowest BCUT2D eigenvalue weighted by Gasteiger charge is -2.14. The van der Waals surface area contributed by atoms with Crippen molar-refractivity contribution in [2.24, 2.45) is 0 Å². The third-order valence-corrected chi connectivity index (χ3v) is 4.74. The second-order valence-electron chi connectivity index (χ2n) is 5.64. The predicted molar refractivity (Wildman–Crippen MR) is 90.8 cm³/mol. The number of likely N-dealkylation sites (tertiary alicyclic amines) is 1. The van der Waals surface area contributed by atoms with Gasteiger partial charge < -0.3 is 0 Å². The topological polar surface area (TPSA) is 20.3 Å². The molecule has 1 fully saturated rings. The average Bonchev–Trinajstić information content (AvgIpc) is 3.03. The van der Waals surface area contributed by atoms with Gasteiger partial charge >= 0.3 is 0 Å². The first kappa shape index (κ1) is 15.5. The second kappa shape index (κ2) is 6.82. The highest BCUT2D eigenvalue weighted by Crippen LogP contribution is 2.24. The van der Waals surface area contributed by atoms with Gasteiger partial charge in [0.1, 0.15) is 0 Å². The second-order valence-corrected chi connectivity index (χ2v) is 6.45. The summed E-state index contributed by atoms with van der Waals surface area (Å²) in [4.78, 5) is 14.9. The summed E-state index contributed by atoms with van der Waals surface area (Å²) in [5.41, 5.74) is 2.47. The van der Waals surface area contributed by atoms with Crippen LogP contribution in [0.4, 0.5) is 0 Å². The quantitative estimate of drug-likeness (QED) is 0.747. The third-order valence-electron chi connectivity index (χ3n) is 4.00. The molecule has 1 heterocycles. The number of hydrogen-bond donors (Lipinski definition) is 0. The Kier molecular flexibility index (Phi) is 4.82. The number of benzene rings is 2. The van der Waals surface area contributed by atoms with Crippen molar-refractivity contribution in [2.45, 2.75) is 19.4 Å². The molecule has 0 radical (unpaired) electrons. The normalized spacial score (nSPS) is 15.2. The SMILES string of the molecule is O=C(c1ccc(CN2CCCC2)cc1)c1ccc(Cl)c(Cl)c1. The molecule has 0 unspecified atom stereocenters. The van der Waals surface area contributed by atoms with Gasteiger partial charge in [0.2, 0.25) is 0 Å². The summed E-state index contributed by atoms with van der Waals surface area (Å²) in [6.45, 7) is 3.30. The molecule has 1 aliphatic heterocycles. The van der Waals surface area contributed by atoms with E-state index < -0.39 is 0 Å². The molecule has 0 spiro atoms. The molecule has 2 nitrogen and oxygen atoms in total. The van der Waals surface area contributed by atoms with E-state index in [0.717, 1.165) is 6.54 Å². The molecule has 0 aromatic heterocycles. The monoisotopic (exact) mass is 333 g/mol. The van der Waals surface area contributed by atoms with Gasteiger partial charge in [0, 0.05) is 17.7 Å². The molecular formula is C18H17Cl2NO. The van der Waals surface area contributed by atoms with Crippen LogP contribution in [0.25, 0.3) is 0 Å². The lowest BCUT2D eigenvalue weighted by molar-refractivity contribution is 0.103. The minimum absolute atomic E-state index is 0.0358. The number of ketones is 1. The van der Waals surface area contributed by atoms with Crippen LogP contribution in [0.3, 0.4) is 0 Å². The minimum Gasteiger partial charge on any atom is -0.299 e. The Morgan fingerprint density at radius 1 is 0.909 bits per heavy atom. The lowest BCUT2D eigenvalue weighted by atomic mass is 10.0. The third kappa shape index (κ3) is 3.52. The molecule has 0 bridgehead atoms. The van der Waals surface area contributed by atoms with Crippen molar-refractivity contribution in [3.05, 3.63) is 69.2 Å². The van der Waals surface area contributed by atoms with Crippen LogP contribution >= 0.6 is 23.2 Å². The van der Waals surface area contributed by atoms with Gasteiger partial charge in [-0.3, -0.25) is 9.69 Å². The molecule has 0 saturated carbocycles. The predicted octanol–water partition coefficient (Wildman–Crippen LogP) is 4.82. The van der Waals surface area contributed by atoms with Gasteiger partial charge in [0.15, 0.2) is 5.78 Å². The Morgan fingerprint density at radius 2 is 1.55 bits per heavy atom. The molecule has 0 N–H and O–H groups in total. The van der Waals surface area contributed by atoms with E-state index in [1.807, 2.05) is 24.3 Å². The van der Waals surface area contributed by atoms with Crippen molar-refractivity contribution >= 4 is 29.0 Å². The first-order valence-electron chi connectivity index (χ1n) is 7.44. The molecule has 3 rings (SSSR count). The van der Waals surface area contributed by atoms with Crippen molar-refractivity contribution in [3.63, 3.8) is 0 Å². The van der Waals surface area contributed by atoms with Crippen LogP contribution in [0, 0.1) is 0 Å². The summed E-state index contributed by atoms with van der Waals surface area (Å²) < 4.78 is 0. The minimum atomic E-state index is -0.0358. The number of nitrogens with zero attached hydrogens (tertiary/aromatic N) is 1. The van der Waals surface area contributed by atoms with Crippen molar-refractivity contribution in [2.75, 3.05) is 13.1 Å². The summed E-state index contributed by atoms with van der Waals surface area (Å²) in [6.07, 6.45) is 2.57. The maximum atomic E-state index is 12.5. The first-order valence-corrected chi connectivity index (χ1v) is 8.20. The van der Waals surface area contributed by atoms with Crippen molar-refractivity contribution < 1.29 is 4.79 Å². The summed E-state index contributed by atoms with van der Waals surface area (Å²) in [5.74, 6) is -0.0358. The summed E-state index contributed by atoms with van der Waals surface area (Å²) in [5, 5.41) is 0.859. The van der Waals surface area contributed by atoms with Crippen molar-refractivity contribution in [1.29, 1.82) is 0 Å². The molecule has 1 saturated heterocycles. The van der Waals surface area contributed by atoms with Gasteiger partial charge in [-0.2, -0.15) is 0 Å². The molecule has 114 valence electrons. The van der Waals surface area contributed by atoms with Crippen LogP contribution in [0.2, 0.25) is 10.0 Å². The molecule has 2 aromatic rings. The number of hydrogen-bond acceptors (Lipinski definition) is 2. The van der Waals surface area contributed by atoms with Crippen LogP contribution in [0.1, 0.15) is 34.3 Å². The van der Waals surface area contributed by atoms with Crippen LogP contribution < -0.4 is 0 Å². The van der Waals surface area contributed by atoms with Gasteiger partial charge in [0.05, 0.1) is 10.0 Å². The molecule has 2 aromatic carbocycles. The molecular weight excluding hydrogens is 317 g/mol. The molecule has 22 heavy (non-hydrogen) atoms. The van der Waals surface area contributed by atoms with Crippen LogP contribution in [0.15, 0.2) is 42.5 Å². The summed E-state index contributed by atoms with van der Waals surface area (Å²) >= 11 is 11.9. The standard InChI is InChI=1S/C18H17Cl2NO/c19-16-8-7-15(11-17(16)20)18(22)14-5-3-13(4-6-14)12-21-9-1-2-10-21/h3-8,11H,1-2,9-10,12H2. The van der Waals surface area contributed by atoms with Crippen molar-refractivity contribution in [1.82, 2.24) is 4.90 Å². The zero-order valence-electron chi connectivity index (χ0n) is 12.2. The molecule has 0 amide bonds. The van der Waals surface area contributed by atoms with Gasteiger partial charge in [-0.1, -0.05) is 47.5 Å². The Morgan fingerprint density at radius 3 is 2.18 bits per heavy atom. The van der Waals surface area contributed by atoms with E-state index in [1.54, 1.807) is 18.2 Å². The fourth-order valence-electron chi connectivity index (χ4n) is 2.76. The smallest absolute Gasteiger partial charge is 0.193 e. The van der Waals surface area contributed by atoms with Crippen molar-refractivity contribution in [3.8, 4) is 0 Å². The molecule has 1 aliphatic rings. The van der Waals surface area contributed by atoms with Gasteiger partial charge in [0.25, 0.3) is 0 Å². The van der Waals surface area contributed by atoms with E-state index in [0.29, 0.717) is 21.2 Å². The van der Waals surface area contributed by atoms with Gasteiger partial charge in [-0.25, -0.2) is 0 Å². The maximum Gasteiger partial charge on any atom is 0.193 e. The highest BCUT2D eigenvalue weighted by atomic mass is 35.5. The maximum absolute atomic E-state index is 12.5. The fraction of sp³-hybridized carbons (Fsp3) is 0.278. The molecule has 0 atom stereocenters. The van der Waals surface area contributed by atoms with E-state index in [-0.39, 0.29) is 5.78 Å². The Hall–Kier alpha value is -1.35. The van der Waals surface area contributed by atoms with E-state index in [4.69, 9.17) is 23.2 Å². The Balaban J connectivity index is 1.73. The summed E-state index contributed by atoms with van der Waals surface area (Å²) in [6, 6.07) is 12.8. The van der Waals surface area contributed by atoms with Crippen LogP contribution in [-0.4, -0.2) is 23.8 Å². The summed E-state index contributed by atoms with van der Waals surface area (Å²) in [7, 11) is 0. The van der Waals surface area contributed by atoms with Crippen LogP contribution in [-0.2, 0) is 6.54 Å². The number of carbonyl (C=O) groups excluding carboxylic acids is 1. The van der Waals surface area contributed by atoms with E-state index >= 15 is 0 Å². The Labute approximate surface area is 140 Å². The highest BCUT2D eigenvalue weighted by molar-refractivity contribution is 6.42. The number of rotatable bonds is 4. The van der Waals surface area contributed by atoms with E-state index in [2.05, 4.69) is 4.90 Å². The highest BCUT2D eigenvalue weighted by Gasteiger charge is 2.13. The first-order chi connectivity index (χ1) is 10.6. The zero-order chi connectivity index (χ0) is 15.5. The van der Waals surface area contributed by atoms with E-state index in [1.165, 1.54) is 31.5 Å². The number of carbonyl (C=O) groups is 1. The van der Waals surface area contributed by atoms with Crippen LogP contribution in [0.5, 0.6) is 0 Å². The largest absolute Gasteiger partial charge is 0.299 e. The Bertz CT molecular complexity index is 676.